The van der Waals surface area contributed by atoms with Crippen molar-refractivity contribution in [3.63, 3.8) is 0 Å². The van der Waals surface area contributed by atoms with E-state index in [1.54, 1.807) is 4.90 Å². The van der Waals surface area contributed by atoms with Gasteiger partial charge in [0.05, 0.1) is 0 Å². The summed E-state index contributed by atoms with van der Waals surface area (Å²) in [5.41, 5.74) is -0.0845. The van der Waals surface area contributed by atoms with E-state index >= 15 is 0 Å². The van der Waals surface area contributed by atoms with Crippen molar-refractivity contribution in [2.45, 2.75) is 20.5 Å². The Morgan fingerprint density at radius 3 is 2.25 bits per heavy atom. The molecular weight excluding hydrogens is 324 g/mol. The summed E-state index contributed by atoms with van der Waals surface area (Å²) in [7, 11) is -2.52. The highest BCUT2D eigenvalue weighted by atomic mass is 32.2. The van der Waals surface area contributed by atoms with E-state index in [2.05, 4.69) is 17.8 Å². The Morgan fingerprint density at radius 1 is 1.35 bits per heavy atom. The van der Waals surface area contributed by atoms with Gasteiger partial charge >= 0.3 is 6.61 Å². The van der Waals surface area contributed by atoms with E-state index < -0.39 is 21.9 Å². The Bertz CT molecular complexity index is 650. The molecule has 0 fully saturated rings. The number of rotatable bonds is 4. The molecule has 0 unspecified atom stereocenters. The van der Waals surface area contributed by atoms with Crippen LogP contribution >= 0.6 is 33.8 Å². The van der Waals surface area contributed by atoms with Gasteiger partial charge in [0.15, 0.2) is 0 Å². The minimum Gasteiger partial charge on any atom is -0.415 e. The van der Waals surface area contributed by atoms with Crippen LogP contribution < -0.4 is 0 Å². The lowest BCUT2D eigenvalue weighted by Gasteiger charge is -2.24. The molecule has 0 spiro atoms. The first kappa shape index (κ1) is 16.8. The molecule has 0 aromatic rings. The average molecular weight is 335 g/mol. The third-order valence-electron chi connectivity index (χ3n) is 2.53. The fourth-order valence-corrected chi connectivity index (χ4v) is 4.60. The van der Waals surface area contributed by atoms with Gasteiger partial charge in [0.1, 0.15) is 16.7 Å². The molecule has 0 saturated carbocycles. The summed E-state index contributed by atoms with van der Waals surface area (Å²) in [6.45, 7) is 1.71. The first-order valence-electron chi connectivity index (χ1n) is 5.55. The molecule has 0 N–H and O–H groups in total. The Morgan fingerprint density at radius 2 is 1.90 bits per heavy atom. The second-order valence-electron chi connectivity index (χ2n) is 3.49. The zero-order valence-electron chi connectivity index (χ0n) is 10.7. The number of halogens is 2. The molecule has 20 heavy (non-hydrogen) atoms. The maximum atomic E-state index is 12.4. The Kier molecular flexibility index (Phi) is 5.81. The third kappa shape index (κ3) is 2.90. The summed E-state index contributed by atoms with van der Waals surface area (Å²) in [6.07, 6.45) is 0. The van der Waals surface area contributed by atoms with Gasteiger partial charge in [-0.2, -0.15) is 18.4 Å². The molecule has 108 valence electrons. The number of nitrogens with zero attached hydrogens (tertiary/aromatic N) is 3. The summed E-state index contributed by atoms with van der Waals surface area (Å²) in [5, 5.41) is 9.60. The van der Waals surface area contributed by atoms with Gasteiger partial charge in [-0.05, 0) is 38.3 Å². The zero-order valence-corrected chi connectivity index (χ0v) is 13.2. The molecule has 0 aromatic carbocycles. The smallest absolute Gasteiger partial charge is 0.388 e. The molecule has 1 rings (SSSR count). The van der Waals surface area contributed by atoms with E-state index in [-0.39, 0.29) is 5.57 Å². The summed E-state index contributed by atoms with van der Waals surface area (Å²) in [4.78, 5) is 1.78. The predicted octanol–water partition coefficient (Wildman–Crippen LogP) is 3.10. The van der Waals surface area contributed by atoms with Crippen LogP contribution in [0.4, 0.5) is 8.78 Å². The molecular formula is C11H11F2N3OS3. The van der Waals surface area contributed by atoms with E-state index in [4.69, 9.17) is 24.4 Å². The highest BCUT2D eigenvalue weighted by molar-refractivity contribution is 8.36. The van der Waals surface area contributed by atoms with Gasteiger partial charge < -0.3 is 9.64 Å². The zero-order chi connectivity index (χ0) is 15.3. The fourth-order valence-electron chi connectivity index (χ4n) is 1.70. The molecule has 0 saturated heterocycles. The van der Waals surface area contributed by atoms with Crippen molar-refractivity contribution in [3.05, 3.63) is 10.6 Å². The minimum absolute atomic E-state index is 0.0845. The molecule has 0 atom stereocenters. The third-order valence-corrected chi connectivity index (χ3v) is 5.92. The molecule has 0 amide bonds. The van der Waals surface area contributed by atoms with Crippen molar-refractivity contribution in [1.82, 2.24) is 4.90 Å². The van der Waals surface area contributed by atoms with Crippen molar-refractivity contribution >= 4 is 48.4 Å². The van der Waals surface area contributed by atoms with Crippen LogP contribution in [0.2, 0.25) is 0 Å². The lowest BCUT2D eigenvalue weighted by atomic mass is 10.3. The molecule has 1 heterocycles. The van der Waals surface area contributed by atoms with Gasteiger partial charge in [0, 0.05) is 31.1 Å². The molecule has 0 aliphatic carbocycles. The van der Waals surface area contributed by atoms with Crippen LogP contribution in [0.25, 0.3) is 0 Å². The van der Waals surface area contributed by atoms with Gasteiger partial charge in [0.2, 0.25) is 5.90 Å². The quantitative estimate of drug-likeness (QED) is 0.739. The first-order valence-corrected chi connectivity index (χ1v) is 7.95. The lowest BCUT2D eigenvalue weighted by Crippen LogP contribution is -2.23. The monoisotopic (exact) mass is 335 g/mol. The van der Waals surface area contributed by atoms with E-state index in [0.29, 0.717) is 18.1 Å². The fraction of sp³-hybridized carbons (Fsp3) is 0.455. The second-order valence-corrected chi connectivity index (χ2v) is 6.55. The largest absolute Gasteiger partial charge is 0.415 e. The molecule has 1 aliphatic rings. The van der Waals surface area contributed by atoms with Crippen LogP contribution in [0.3, 0.4) is 0 Å². The van der Waals surface area contributed by atoms with Gasteiger partial charge in [-0.25, -0.2) is 0 Å². The first-order chi connectivity index (χ1) is 9.49. The minimum atomic E-state index is -3.08. The highest BCUT2D eigenvalue weighted by Crippen LogP contribution is 2.44. The average Bonchev–Trinajstić information content (AvgIpc) is 2.74. The Hall–Kier alpha value is -1.29. The number of ether oxygens (including phenoxy) is 1. The summed E-state index contributed by atoms with van der Waals surface area (Å²) >= 11 is 9.64. The number of alkyl halides is 2. The van der Waals surface area contributed by atoms with E-state index in [1.807, 2.05) is 19.9 Å². The van der Waals surface area contributed by atoms with E-state index in [0.717, 1.165) is 0 Å². The van der Waals surface area contributed by atoms with Crippen LogP contribution in [-0.4, -0.2) is 39.1 Å². The van der Waals surface area contributed by atoms with Gasteiger partial charge in [-0.3, -0.25) is 0 Å². The number of hydrogen-bond acceptors (Lipinski definition) is 6. The maximum Gasteiger partial charge on any atom is 0.388 e. The molecule has 1 aliphatic heterocycles. The summed E-state index contributed by atoms with van der Waals surface area (Å²) < 4.78 is 38.1. The van der Waals surface area contributed by atoms with Crippen LogP contribution in [0.15, 0.2) is 15.0 Å². The molecule has 0 aromatic heterocycles. The topological polar surface area (TPSA) is 48.6 Å². The van der Waals surface area contributed by atoms with Crippen molar-refractivity contribution in [1.29, 1.82) is 5.26 Å². The van der Waals surface area contributed by atoms with Gasteiger partial charge in [-0.15, -0.1) is 0 Å². The maximum absolute atomic E-state index is 12.4. The number of hydrogen-bond donors (Lipinski definition) is 0. The van der Waals surface area contributed by atoms with Gasteiger partial charge in [0.25, 0.3) is 0 Å². The summed E-state index contributed by atoms with van der Waals surface area (Å²) in [6, 6.07) is 1.84. The van der Waals surface area contributed by atoms with Crippen LogP contribution in [0, 0.1) is 11.3 Å². The van der Waals surface area contributed by atoms with Crippen LogP contribution in [-0.2, 0) is 4.74 Å². The Labute approximate surface area is 127 Å². The standard InChI is InChI=1S/C11H11F2N3OS3/c1-3-16(4-2)10-8(5-14)9(17-11(12)13)15-20(10,6-18)7-19/h11H,3-4H2,1-2H3. The molecule has 0 bridgehead atoms. The number of thiocarbonyl (C=S) groups is 2. The van der Waals surface area contributed by atoms with E-state index in [9.17, 15) is 14.0 Å². The molecule has 9 heteroatoms. The number of nitriles is 1. The van der Waals surface area contributed by atoms with Crippen molar-refractivity contribution in [3.8, 4) is 6.07 Å². The van der Waals surface area contributed by atoms with Crippen LogP contribution in [0.5, 0.6) is 0 Å². The molecule has 0 radical (unpaired) electrons. The van der Waals surface area contributed by atoms with Crippen molar-refractivity contribution < 1.29 is 13.5 Å². The van der Waals surface area contributed by atoms with Crippen molar-refractivity contribution in [2.75, 3.05) is 13.1 Å². The molecule has 4 nitrogen and oxygen atoms in total. The van der Waals surface area contributed by atoms with E-state index in [1.165, 1.54) is 0 Å². The van der Waals surface area contributed by atoms with Crippen LogP contribution in [0.1, 0.15) is 13.8 Å². The lowest BCUT2D eigenvalue weighted by molar-refractivity contribution is -0.0593. The summed E-state index contributed by atoms with van der Waals surface area (Å²) in [5.74, 6) is -0.450. The van der Waals surface area contributed by atoms with Crippen molar-refractivity contribution in [2.24, 2.45) is 4.40 Å². The van der Waals surface area contributed by atoms with Gasteiger partial charge in [-0.1, -0.05) is 0 Å². The highest BCUT2D eigenvalue weighted by Gasteiger charge is 2.33. The Balaban J connectivity index is 3.68. The second kappa shape index (κ2) is 6.93. The predicted molar refractivity (Wildman–Crippen MR) is 82.9 cm³/mol. The SMILES string of the molecule is CCN(CC)C1=C(C#N)C(OC(F)F)=NS1(=C=S)=C=S. The normalized spacial score (nSPS) is 16.3.